The molecule has 28 heavy (non-hydrogen) atoms. The summed E-state index contributed by atoms with van der Waals surface area (Å²) in [6, 6.07) is 21.4. The molecule has 0 unspecified atom stereocenters. The molecule has 0 fully saturated rings. The van der Waals surface area contributed by atoms with Crippen LogP contribution in [0.15, 0.2) is 72.8 Å². The zero-order chi connectivity index (χ0) is 19.9. The summed E-state index contributed by atoms with van der Waals surface area (Å²) in [5.41, 5.74) is 3.28. The predicted molar refractivity (Wildman–Crippen MR) is 111 cm³/mol. The first-order chi connectivity index (χ1) is 13.5. The molecule has 3 aromatic carbocycles. The first-order valence-corrected chi connectivity index (χ1v) is 9.07. The highest BCUT2D eigenvalue weighted by Gasteiger charge is 2.10. The van der Waals surface area contributed by atoms with Crippen molar-refractivity contribution in [2.75, 3.05) is 17.2 Å². The smallest absolute Gasteiger partial charge is 0.255 e. The van der Waals surface area contributed by atoms with E-state index in [1.807, 2.05) is 38.1 Å². The Balaban J connectivity index is 1.71. The summed E-state index contributed by atoms with van der Waals surface area (Å²) >= 11 is 0. The lowest BCUT2D eigenvalue weighted by Crippen LogP contribution is -2.14. The topological polar surface area (TPSA) is 67.4 Å². The minimum atomic E-state index is -0.266. The second kappa shape index (κ2) is 8.86. The Labute approximate surface area is 164 Å². The fourth-order valence-electron chi connectivity index (χ4n) is 2.76. The van der Waals surface area contributed by atoms with Gasteiger partial charge in [-0.05, 0) is 67.9 Å². The molecule has 0 atom stereocenters. The standard InChI is InChI=1S/C23H22N2O3/c1-3-28-21-12-6-9-18(15-21)23(27)25-20-11-5-8-17(14-20)22(26)24-19-10-4-7-16(2)13-19/h4-15H,3H2,1-2H3,(H,24,26)(H,25,27). The molecule has 0 saturated carbocycles. The van der Waals surface area contributed by atoms with Crippen LogP contribution >= 0.6 is 0 Å². The van der Waals surface area contributed by atoms with Crippen LogP contribution in [-0.2, 0) is 0 Å². The first-order valence-electron chi connectivity index (χ1n) is 9.07. The number of hydrogen-bond acceptors (Lipinski definition) is 3. The van der Waals surface area contributed by atoms with E-state index in [0.29, 0.717) is 29.2 Å². The van der Waals surface area contributed by atoms with Crippen LogP contribution in [0.4, 0.5) is 11.4 Å². The van der Waals surface area contributed by atoms with Gasteiger partial charge < -0.3 is 15.4 Å². The molecule has 3 rings (SSSR count). The SMILES string of the molecule is CCOc1cccc(C(=O)Nc2cccc(C(=O)Nc3cccc(C)c3)c2)c1. The van der Waals surface area contributed by atoms with Crippen LogP contribution < -0.4 is 15.4 Å². The molecule has 5 heteroatoms. The van der Waals surface area contributed by atoms with Crippen molar-refractivity contribution in [1.82, 2.24) is 0 Å². The van der Waals surface area contributed by atoms with Gasteiger partial charge in [0.15, 0.2) is 0 Å². The molecular formula is C23H22N2O3. The second-order valence-corrected chi connectivity index (χ2v) is 6.32. The van der Waals surface area contributed by atoms with Crippen molar-refractivity contribution in [3.8, 4) is 5.75 Å². The second-order valence-electron chi connectivity index (χ2n) is 6.32. The molecule has 0 aliphatic carbocycles. The van der Waals surface area contributed by atoms with Gasteiger partial charge >= 0.3 is 0 Å². The van der Waals surface area contributed by atoms with E-state index in [-0.39, 0.29) is 11.8 Å². The molecule has 0 spiro atoms. The van der Waals surface area contributed by atoms with Gasteiger partial charge in [-0.1, -0.05) is 24.3 Å². The van der Waals surface area contributed by atoms with E-state index in [1.54, 1.807) is 48.5 Å². The molecule has 0 bridgehead atoms. The van der Waals surface area contributed by atoms with Crippen LogP contribution in [0.25, 0.3) is 0 Å². The summed E-state index contributed by atoms with van der Waals surface area (Å²) in [4.78, 5) is 25.0. The van der Waals surface area contributed by atoms with Crippen molar-refractivity contribution in [2.24, 2.45) is 0 Å². The third kappa shape index (κ3) is 4.98. The van der Waals surface area contributed by atoms with Gasteiger partial charge in [-0.25, -0.2) is 0 Å². The van der Waals surface area contributed by atoms with Crippen LogP contribution in [0.3, 0.4) is 0 Å². The number of amides is 2. The maximum Gasteiger partial charge on any atom is 0.255 e. The molecule has 5 nitrogen and oxygen atoms in total. The van der Waals surface area contributed by atoms with Gasteiger partial charge in [-0.3, -0.25) is 9.59 Å². The lowest BCUT2D eigenvalue weighted by atomic mass is 10.1. The van der Waals surface area contributed by atoms with Gasteiger partial charge in [0.25, 0.3) is 11.8 Å². The molecule has 3 aromatic rings. The third-order valence-electron chi connectivity index (χ3n) is 4.07. The largest absolute Gasteiger partial charge is 0.494 e. The number of anilines is 2. The van der Waals surface area contributed by atoms with Gasteiger partial charge in [0.1, 0.15) is 5.75 Å². The number of rotatable bonds is 6. The zero-order valence-electron chi connectivity index (χ0n) is 15.9. The van der Waals surface area contributed by atoms with Crippen LogP contribution in [-0.4, -0.2) is 18.4 Å². The Hall–Kier alpha value is -3.60. The minimum Gasteiger partial charge on any atom is -0.494 e. The maximum atomic E-state index is 12.5. The number of nitrogens with one attached hydrogen (secondary N) is 2. The summed E-state index contributed by atoms with van der Waals surface area (Å²) < 4.78 is 5.43. The highest BCUT2D eigenvalue weighted by atomic mass is 16.5. The van der Waals surface area contributed by atoms with Crippen molar-refractivity contribution in [1.29, 1.82) is 0 Å². The Morgan fingerprint density at radius 3 is 2.00 bits per heavy atom. The van der Waals surface area contributed by atoms with Crippen molar-refractivity contribution in [3.63, 3.8) is 0 Å². The highest BCUT2D eigenvalue weighted by Crippen LogP contribution is 2.17. The van der Waals surface area contributed by atoms with Gasteiger partial charge in [-0.2, -0.15) is 0 Å². The number of benzene rings is 3. The van der Waals surface area contributed by atoms with E-state index in [9.17, 15) is 9.59 Å². The molecule has 0 radical (unpaired) electrons. The lowest BCUT2D eigenvalue weighted by molar-refractivity contribution is 0.101. The highest BCUT2D eigenvalue weighted by molar-refractivity contribution is 6.07. The van der Waals surface area contributed by atoms with Crippen LogP contribution in [0.1, 0.15) is 33.2 Å². The van der Waals surface area contributed by atoms with E-state index >= 15 is 0 Å². The molecule has 2 amide bonds. The molecule has 0 aromatic heterocycles. The van der Waals surface area contributed by atoms with Gasteiger partial charge in [0, 0.05) is 22.5 Å². The molecular weight excluding hydrogens is 352 g/mol. The molecule has 0 saturated heterocycles. The Morgan fingerprint density at radius 2 is 1.36 bits per heavy atom. The number of aryl methyl sites for hydroxylation is 1. The number of hydrogen-bond donors (Lipinski definition) is 2. The summed E-state index contributed by atoms with van der Waals surface area (Å²) in [5.74, 6) is 0.138. The normalized spacial score (nSPS) is 10.2. The van der Waals surface area contributed by atoms with Crippen LogP contribution in [0.2, 0.25) is 0 Å². The minimum absolute atomic E-state index is 0.236. The monoisotopic (exact) mass is 374 g/mol. The average Bonchev–Trinajstić information content (AvgIpc) is 2.69. The Morgan fingerprint density at radius 1 is 0.786 bits per heavy atom. The van der Waals surface area contributed by atoms with Crippen LogP contribution in [0, 0.1) is 6.92 Å². The van der Waals surface area contributed by atoms with E-state index in [4.69, 9.17) is 4.74 Å². The van der Waals surface area contributed by atoms with Gasteiger partial charge in [0.05, 0.1) is 6.61 Å². The number of carbonyl (C=O) groups is 2. The maximum absolute atomic E-state index is 12.5. The van der Waals surface area contributed by atoms with E-state index in [1.165, 1.54) is 0 Å². The van der Waals surface area contributed by atoms with Crippen LogP contribution in [0.5, 0.6) is 5.75 Å². The van der Waals surface area contributed by atoms with E-state index in [0.717, 1.165) is 11.3 Å². The van der Waals surface area contributed by atoms with Crippen molar-refractivity contribution in [2.45, 2.75) is 13.8 Å². The molecule has 0 aliphatic rings. The summed E-state index contributed by atoms with van der Waals surface area (Å²) in [6.45, 7) is 4.38. The predicted octanol–water partition coefficient (Wildman–Crippen LogP) is 4.90. The third-order valence-corrected chi connectivity index (χ3v) is 4.07. The van der Waals surface area contributed by atoms with Crippen molar-refractivity contribution in [3.05, 3.63) is 89.5 Å². The molecule has 2 N–H and O–H groups in total. The summed E-state index contributed by atoms with van der Waals surface area (Å²) in [6.07, 6.45) is 0. The van der Waals surface area contributed by atoms with Gasteiger partial charge in [-0.15, -0.1) is 0 Å². The summed E-state index contributed by atoms with van der Waals surface area (Å²) in [7, 11) is 0. The van der Waals surface area contributed by atoms with E-state index in [2.05, 4.69) is 10.6 Å². The molecule has 142 valence electrons. The average molecular weight is 374 g/mol. The fourth-order valence-corrected chi connectivity index (χ4v) is 2.76. The number of carbonyl (C=O) groups excluding carboxylic acids is 2. The van der Waals surface area contributed by atoms with Gasteiger partial charge in [0.2, 0.25) is 0 Å². The lowest BCUT2D eigenvalue weighted by Gasteiger charge is -2.10. The quantitative estimate of drug-likeness (QED) is 0.645. The summed E-state index contributed by atoms with van der Waals surface area (Å²) in [5, 5.41) is 5.69. The first kappa shape index (κ1) is 19.2. The Kier molecular flexibility index (Phi) is 6.07. The van der Waals surface area contributed by atoms with Crippen molar-refractivity contribution < 1.29 is 14.3 Å². The number of ether oxygens (including phenoxy) is 1. The Bertz CT molecular complexity index is 998. The molecule has 0 aliphatic heterocycles. The fraction of sp³-hybridized carbons (Fsp3) is 0.130. The van der Waals surface area contributed by atoms with E-state index < -0.39 is 0 Å². The van der Waals surface area contributed by atoms with Crippen molar-refractivity contribution >= 4 is 23.2 Å². The zero-order valence-corrected chi connectivity index (χ0v) is 15.9. The molecule has 0 heterocycles.